The molecule has 0 spiro atoms. The lowest BCUT2D eigenvalue weighted by molar-refractivity contribution is -0.677. The SMILES string of the molecule is CCn1cc[n+](C)c1C.C[n+]1ccccc1.[Cl-].[Cl-]. The van der Waals surface area contributed by atoms with Crippen LogP contribution >= 0.6 is 0 Å². The first kappa shape index (κ1) is 19.3. The molecule has 0 bridgehead atoms. The van der Waals surface area contributed by atoms with Gasteiger partial charge in [0.2, 0.25) is 0 Å². The minimum atomic E-state index is 0. The van der Waals surface area contributed by atoms with Gasteiger partial charge in [-0.1, -0.05) is 6.07 Å². The molecule has 0 unspecified atom stereocenters. The molecule has 2 rings (SSSR count). The zero-order chi connectivity index (χ0) is 12.0. The van der Waals surface area contributed by atoms with Gasteiger partial charge in [0.15, 0.2) is 12.4 Å². The van der Waals surface area contributed by atoms with Crippen LogP contribution in [0.15, 0.2) is 43.0 Å². The largest absolute Gasteiger partial charge is 1.00 e. The standard InChI is InChI=1S/C7H13N2.C6H8N.2ClH/c1-4-9-6-5-8(3)7(9)2;1-7-5-3-2-4-6-7;;/h5-6H,4H2,1-3H3;2-6H,1H3;2*1H/q2*+1;;/p-2. The summed E-state index contributed by atoms with van der Waals surface area (Å²) in [5.41, 5.74) is 0. The van der Waals surface area contributed by atoms with Gasteiger partial charge in [-0.25, -0.2) is 13.7 Å². The quantitative estimate of drug-likeness (QED) is 0.468. The van der Waals surface area contributed by atoms with Crippen molar-refractivity contribution in [2.75, 3.05) is 0 Å². The van der Waals surface area contributed by atoms with Gasteiger partial charge in [0.25, 0.3) is 5.82 Å². The van der Waals surface area contributed by atoms with Gasteiger partial charge in [0, 0.05) is 19.1 Å². The molecule has 0 aliphatic heterocycles. The van der Waals surface area contributed by atoms with E-state index in [0.717, 1.165) is 6.54 Å². The first-order valence-electron chi connectivity index (χ1n) is 5.56. The van der Waals surface area contributed by atoms with E-state index in [1.54, 1.807) is 0 Å². The minimum Gasteiger partial charge on any atom is -1.00 e. The average Bonchev–Trinajstić information content (AvgIpc) is 2.61. The molecule has 0 aliphatic rings. The minimum absolute atomic E-state index is 0. The van der Waals surface area contributed by atoms with Crippen LogP contribution in [0.3, 0.4) is 0 Å². The number of nitrogens with zero attached hydrogens (tertiary/aromatic N) is 3. The molecule has 2 aromatic rings. The second kappa shape index (κ2) is 9.92. The molecule has 0 amide bonds. The van der Waals surface area contributed by atoms with Gasteiger partial charge in [-0.2, -0.15) is 0 Å². The van der Waals surface area contributed by atoms with Crippen molar-refractivity contribution in [1.29, 1.82) is 0 Å². The second-order valence-electron chi connectivity index (χ2n) is 3.78. The van der Waals surface area contributed by atoms with E-state index in [1.165, 1.54) is 5.82 Å². The van der Waals surface area contributed by atoms with E-state index < -0.39 is 0 Å². The number of halogens is 2. The fraction of sp³-hybridized carbons (Fsp3) is 0.385. The van der Waals surface area contributed by atoms with Gasteiger partial charge >= 0.3 is 0 Å². The Morgan fingerprint density at radius 1 is 1.00 bits per heavy atom. The lowest BCUT2D eigenvalue weighted by atomic mass is 10.5. The van der Waals surface area contributed by atoms with Crippen molar-refractivity contribution in [2.24, 2.45) is 14.1 Å². The van der Waals surface area contributed by atoms with Gasteiger partial charge in [-0.3, -0.25) is 0 Å². The van der Waals surface area contributed by atoms with Crippen LogP contribution in [0.25, 0.3) is 0 Å². The third-order valence-corrected chi connectivity index (χ3v) is 2.60. The number of pyridine rings is 1. The van der Waals surface area contributed by atoms with Crippen molar-refractivity contribution < 1.29 is 33.9 Å². The Kier molecular flexibility index (Phi) is 10.6. The van der Waals surface area contributed by atoms with Crippen LogP contribution in [0.1, 0.15) is 12.7 Å². The highest BCUT2D eigenvalue weighted by Gasteiger charge is 2.03. The van der Waals surface area contributed by atoms with E-state index in [0.29, 0.717) is 0 Å². The Bertz CT molecular complexity index is 427. The van der Waals surface area contributed by atoms with Crippen molar-refractivity contribution in [2.45, 2.75) is 20.4 Å². The molecule has 18 heavy (non-hydrogen) atoms. The highest BCUT2D eigenvalue weighted by Crippen LogP contribution is 1.89. The van der Waals surface area contributed by atoms with Crippen LogP contribution < -0.4 is 33.9 Å². The summed E-state index contributed by atoms with van der Waals surface area (Å²) in [6.45, 7) is 5.32. The van der Waals surface area contributed by atoms with Crippen LogP contribution in [-0.2, 0) is 20.6 Å². The molecule has 0 radical (unpaired) electrons. The molecule has 0 aliphatic carbocycles. The molecule has 3 nitrogen and oxygen atoms in total. The number of aryl methyl sites for hydroxylation is 3. The van der Waals surface area contributed by atoms with E-state index in [9.17, 15) is 0 Å². The molecule has 102 valence electrons. The molecule has 0 fully saturated rings. The van der Waals surface area contributed by atoms with Crippen molar-refractivity contribution in [3.8, 4) is 0 Å². The third-order valence-electron chi connectivity index (χ3n) is 2.60. The average molecular weight is 290 g/mol. The Hall–Kier alpha value is -1.06. The third kappa shape index (κ3) is 6.03. The van der Waals surface area contributed by atoms with Crippen LogP contribution in [0.2, 0.25) is 0 Å². The summed E-state index contributed by atoms with van der Waals surface area (Å²) in [7, 11) is 4.06. The van der Waals surface area contributed by atoms with E-state index >= 15 is 0 Å². The maximum Gasteiger partial charge on any atom is 0.252 e. The fourth-order valence-corrected chi connectivity index (χ4v) is 1.42. The number of rotatable bonds is 1. The predicted molar refractivity (Wildman–Crippen MR) is 63.6 cm³/mol. The fourth-order valence-electron chi connectivity index (χ4n) is 1.42. The molecule has 0 N–H and O–H groups in total. The maximum atomic E-state index is 2.21. The Morgan fingerprint density at radius 2 is 1.56 bits per heavy atom. The Morgan fingerprint density at radius 3 is 1.78 bits per heavy atom. The molecule has 0 saturated carbocycles. The molecule has 2 aromatic heterocycles. The Balaban J connectivity index is 0. The summed E-state index contributed by atoms with van der Waals surface area (Å²) in [5.74, 6) is 1.30. The summed E-state index contributed by atoms with van der Waals surface area (Å²) in [4.78, 5) is 0. The number of imidazole rings is 1. The smallest absolute Gasteiger partial charge is 0.252 e. The topological polar surface area (TPSA) is 12.7 Å². The summed E-state index contributed by atoms with van der Waals surface area (Å²) >= 11 is 0. The lowest BCUT2D eigenvalue weighted by Gasteiger charge is -1.90. The maximum absolute atomic E-state index is 2.21. The van der Waals surface area contributed by atoms with Crippen LogP contribution in [0, 0.1) is 6.92 Å². The Labute approximate surface area is 122 Å². The molecule has 0 saturated heterocycles. The highest BCUT2D eigenvalue weighted by atomic mass is 35.5. The summed E-state index contributed by atoms with van der Waals surface area (Å²) < 4.78 is 6.32. The molecule has 5 heteroatoms. The van der Waals surface area contributed by atoms with Crippen molar-refractivity contribution in [3.05, 3.63) is 48.8 Å². The van der Waals surface area contributed by atoms with Gasteiger partial charge in [0.1, 0.15) is 19.4 Å². The van der Waals surface area contributed by atoms with E-state index in [2.05, 4.69) is 42.4 Å². The van der Waals surface area contributed by atoms with Crippen molar-refractivity contribution in [3.63, 3.8) is 0 Å². The van der Waals surface area contributed by atoms with Crippen molar-refractivity contribution >= 4 is 0 Å². The van der Waals surface area contributed by atoms with Crippen LogP contribution in [-0.4, -0.2) is 4.57 Å². The van der Waals surface area contributed by atoms with Gasteiger partial charge in [-0.15, -0.1) is 0 Å². The lowest BCUT2D eigenvalue weighted by Crippen LogP contribution is -3.00. The highest BCUT2D eigenvalue weighted by molar-refractivity contribution is 4.83. The first-order chi connectivity index (χ1) is 7.65. The number of hydrogen-bond donors (Lipinski definition) is 0. The monoisotopic (exact) mass is 289 g/mol. The second-order valence-corrected chi connectivity index (χ2v) is 3.78. The van der Waals surface area contributed by atoms with E-state index in [4.69, 9.17) is 0 Å². The van der Waals surface area contributed by atoms with Crippen LogP contribution in [0.4, 0.5) is 0 Å². The molecular weight excluding hydrogens is 269 g/mol. The summed E-state index contributed by atoms with van der Waals surface area (Å²) in [6, 6.07) is 6.00. The molecule has 2 heterocycles. The van der Waals surface area contributed by atoms with Gasteiger partial charge in [0.05, 0.1) is 13.6 Å². The number of hydrogen-bond acceptors (Lipinski definition) is 0. The molecule has 0 atom stereocenters. The van der Waals surface area contributed by atoms with E-state index in [1.807, 2.05) is 42.2 Å². The van der Waals surface area contributed by atoms with Crippen LogP contribution in [0.5, 0.6) is 0 Å². The normalized spacial score (nSPS) is 8.44. The first-order valence-corrected chi connectivity index (χ1v) is 5.56. The molecular formula is C13H21Cl2N3. The summed E-state index contributed by atoms with van der Waals surface area (Å²) in [6.07, 6.45) is 8.16. The molecule has 0 aromatic carbocycles. The van der Waals surface area contributed by atoms with E-state index in [-0.39, 0.29) is 24.8 Å². The summed E-state index contributed by atoms with van der Waals surface area (Å²) in [5, 5.41) is 0. The predicted octanol–water partition coefficient (Wildman–Crippen LogP) is -4.84. The number of aromatic nitrogens is 3. The zero-order valence-electron chi connectivity index (χ0n) is 11.3. The van der Waals surface area contributed by atoms with Gasteiger partial charge in [-0.05, 0) is 6.92 Å². The van der Waals surface area contributed by atoms with Gasteiger partial charge < -0.3 is 24.8 Å². The zero-order valence-corrected chi connectivity index (χ0v) is 12.9. The van der Waals surface area contributed by atoms with Crippen molar-refractivity contribution in [1.82, 2.24) is 4.57 Å².